The second-order valence-corrected chi connectivity index (χ2v) is 5.65. The monoisotopic (exact) mass is 239 g/mol. The first-order chi connectivity index (χ1) is 7.79. The predicted octanol–water partition coefficient (Wildman–Crippen LogP) is 2.11. The molecular weight excluding hydrogens is 218 g/mol. The minimum Gasteiger partial charge on any atom is -0.317 e. The Morgan fingerprint density at radius 2 is 2.19 bits per heavy atom. The number of hydrogen-bond donors (Lipinski definition) is 1. The molecule has 0 aromatic carbocycles. The average molecular weight is 239 g/mol. The van der Waals surface area contributed by atoms with Crippen molar-refractivity contribution < 1.29 is 0 Å². The zero-order chi connectivity index (χ0) is 11.4. The van der Waals surface area contributed by atoms with E-state index in [1.807, 2.05) is 11.7 Å². The van der Waals surface area contributed by atoms with E-state index >= 15 is 0 Å². The van der Waals surface area contributed by atoms with E-state index in [4.69, 9.17) is 0 Å². The van der Waals surface area contributed by atoms with Gasteiger partial charge in [-0.2, -0.15) is 0 Å². The number of hydrogen-bond acceptors (Lipinski definition) is 4. The Morgan fingerprint density at radius 3 is 2.75 bits per heavy atom. The Hall–Kier alpha value is -0.450. The van der Waals surface area contributed by atoms with Crippen LogP contribution in [0.15, 0.2) is 11.7 Å². The second kappa shape index (κ2) is 5.75. The highest BCUT2D eigenvalue weighted by atomic mass is 32.1. The van der Waals surface area contributed by atoms with E-state index in [1.165, 1.54) is 30.6 Å². The van der Waals surface area contributed by atoms with Gasteiger partial charge in [-0.1, -0.05) is 0 Å². The zero-order valence-electron chi connectivity index (χ0n) is 10.1. The molecule has 90 valence electrons. The molecule has 0 saturated heterocycles. The normalized spacial score (nSPS) is 26.2. The molecule has 0 atom stereocenters. The van der Waals surface area contributed by atoms with E-state index in [-0.39, 0.29) is 0 Å². The molecule has 0 aliphatic heterocycles. The third-order valence-corrected chi connectivity index (χ3v) is 4.38. The molecule has 4 heteroatoms. The van der Waals surface area contributed by atoms with E-state index in [0.717, 1.165) is 18.6 Å². The summed E-state index contributed by atoms with van der Waals surface area (Å²) in [6, 6.07) is 1.50. The second-order valence-electron chi connectivity index (χ2n) is 4.68. The van der Waals surface area contributed by atoms with Crippen LogP contribution in [0.4, 0.5) is 0 Å². The van der Waals surface area contributed by atoms with E-state index in [9.17, 15) is 0 Å². The number of nitrogens with one attached hydrogen (secondary N) is 1. The van der Waals surface area contributed by atoms with Crippen LogP contribution in [0.2, 0.25) is 0 Å². The fourth-order valence-corrected chi connectivity index (χ4v) is 3.16. The van der Waals surface area contributed by atoms with E-state index < -0.39 is 0 Å². The maximum Gasteiger partial charge on any atom is 0.0794 e. The van der Waals surface area contributed by atoms with Crippen LogP contribution in [0.25, 0.3) is 0 Å². The summed E-state index contributed by atoms with van der Waals surface area (Å²) in [4.78, 5) is 7.99. The minimum atomic E-state index is 0.744. The van der Waals surface area contributed by atoms with Crippen molar-refractivity contribution in [3.63, 3.8) is 0 Å². The first-order valence-corrected chi connectivity index (χ1v) is 6.92. The molecule has 1 aromatic heterocycles. The van der Waals surface area contributed by atoms with Crippen molar-refractivity contribution in [3.8, 4) is 0 Å². The average Bonchev–Trinajstić information content (AvgIpc) is 2.82. The molecular formula is C12H21N3S. The smallest absolute Gasteiger partial charge is 0.0794 e. The van der Waals surface area contributed by atoms with Gasteiger partial charge in [-0.3, -0.25) is 9.88 Å². The van der Waals surface area contributed by atoms with Crippen LogP contribution in [-0.2, 0) is 6.54 Å². The molecule has 1 aromatic rings. The van der Waals surface area contributed by atoms with E-state index in [0.29, 0.717) is 0 Å². The lowest BCUT2D eigenvalue weighted by Crippen LogP contribution is -2.39. The van der Waals surface area contributed by atoms with Crippen molar-refractivity contribution in [3.05, 3.63) is 16.6 Å². The van der Waals surface area contributed by atoms with Gasteiger partial charge in [0.05, 0.1) is 5.51 Å². The van der Waals surface area contributed by atoms with Crippen LogP contribution >= 0.6 is 11.3 Å². The summed E-state index contributed by atoms with van der Waals surface area (Å²) in [6.07, 6.45) is 7.25. The molecule has 0 bridgehead atoms. The Kier molecular flexibility index (Phi) is 4.32. The van der Waals surface area contributed by atoms with Crippen molar-refractivity contribution >= 4 is 11.3 Å². The molecule has 1 aliphatic carbocycles. The summed E-state index contributed by atoms with van der Waals surface area (Å²) >= 11 is 1.76. The first-order valence-electron chi connectivity index (χ1n) is 6.04. The molecule has 0 spiro atoms. The molecule has 0 unspecified atom stereocenters. The summed E-state index contributed by atoms with van der Waals surface area (Å²) < 4.78 is 0. The van der Waals surface area contributed by atoms with Gasteiger partial charge in [-0.15, -0.1) is 11.3 Å². The lowest BCUT2D eigenvalue weighted by molar-refractivity contribution is 0.171. The van der Waals surface area contributed by atoms with Gasteiger partial charge in [-0.05, 0) is 39.8 Å². The predicted molar refractivity (Wildman–Crippen MR) is 68.7 cm³/mol. The maximum absolute atomic E-state index is 4.13. The Labute approximate surface area is 102 Å². The molecule has 0 radical (unpaired) electrons. The zero-order valence-corrected chi connectivity index (χ0v) is 11.0. The SMILES string of the molecule is CNC1CCC(N(C)Cc2cncs2)CC1. The van der Waals surface area contributed by atoms with E-state index in [1.54, 1.807) is 11.3 Å². The van der Waals surface area contributed by atoms with Gasteiger partial charge in [0.25, 0.3) is 0 Å². The fraction of sp³-hybridized carbons (Fsp3) is 0.750. The Balaban J connectivity index is 1.80. The lowest BCUT2D eigenvalue weighted by atomic mass is 9.90. The van der Waals surface area contributed by atoms with Crippen molar-refractivity contribution in [2.45, 2.75) is 44.3 Å². The van der Waals surface area contributed by atoms with Crippen molar-refractivity contribution in [1.82, 2.24) is 15.2 Å². The van der Waals surface area contributed by atoms with Crippen molar-refractivity contribution in [2.24, 2.45) is 0 Å². The number of thiazole rings is 1. The molecule has 16 heavy (non-hydrogen) atoms. The van der Waals surface area contributed by atoms with Gasteiger partial charge in [-0.25, -0.2) is 0 Å². The molecule has 1 heterocycles. The standard InChI is InChI=1S/C12H21N3S/c1-13-10-3-5-11(6-4-10)15(2)8-12-7-14-9-16-12/h7,9-11,13H,3-6,8H2,1-2H3. The van der Waals surface area contributed by atoms with Gasteiger partial charge in [0.1, 0.15) is 0 Å². The number of rotatable bonds is 4. The van der Waals surface area contributed by atoms with Gasteiger partial charge in [0.15, 0.2) is 0 Å². The molecule has 1 fully saturated rings. The Morgan fingerprint density at radius 1 is 1.44 bits per heavy atom. The molecule has 0 amide bonds. The third-order valence-electron chi connectivity index (χ3n) is 3.62. The van der Waals surface area contributed by atoms with Gasteiger partial charge >= 0.3 is 0 Å². The molecule has 1 aliphatic rings. The minimum absolute atomic E-state index is 0.744. The van der Waals surface area contributed by atoms with Crippen LogP contribution in [0.1, 0.15) is 30.6 Å². The van der Waals surface area contributed by atoms with Gasteiger partial charge in [0, 0.05) is 29.7 Å². The highest BCUT2D eigenvalue weighted by molar-refractivity contribution is 7.09. The Bertz CT molecular complexity index is 291. The van der Waals surface area contributed by atoms with Crippen LogP contribution in [0.5, 0.6) is 0 Å². The molecule has 1 saturated carbocycles. The highest BCUT2D eigenvalue weighted by Crippen LogP contribution is 2.23. The number of aromatic nitrogens is 1. The summed E-state index contributed by atoms with van der Waals surface area (Å²) in [5, 5.41) is 3.38. The van der Waals surface area contributed by atoms with Crippen LogP contribution in [0, 0.1) is 0 Å². The first kappa shape index (κ1) is 12.0. The van der Waals surface area contributed by atoms with E-state index in [2.05, 4.69) is 29.3 Å². The largest absolute Gasteiger partial charge is 0.317 e. The van der Waals surface area contributed by atoms with Crippen molar-refractivity contribution in [1.29, 1.82) is 0 Å². The summed E-state index contributed by atoms with van der Waals surface area (Å²) in [7, 11) is 4.32. The van der Waals surface area contributed by atoms with Crippen molar-refractivity contribution in [2.75, 3.05) is 14.1 Å². The summed E-state index contributed by atoms with van der Waals surface area (Å²) in [5.41, 5.74) is 1.92. The molecule has 2 rings (SSSR count). The van der Waals surface area contributed by atoms with Crippen LogP contribution in [-0.4, -0.2) is 36.1 Å². The van der Waals surface area contributed by atoms with Crippen LogP contribution < -0.4 is 5.32 Å². The molecule has 1 N–H and O–H groups in total. The third kappa shape index (κ3) is 3.03. The summed E-state index contributed by atoms with van der Waals surface area (Å²) in [6.45, 7) is 1.06. The highest BCUT2D eigenvalue weighted by Gasteiger charge is 2.23. The van der Waals surface area contributed by atoms with Gasteiger partial charge < -0.3 is 5.32 Å². The lowest BCUT2D eigenvalue weighted by Gasteiger charge is -2.34. The topological polar surface area (TPSA) is 28.2 Å². The maximum atomic E-state index is 4.13. The molecule has 3 nitrogen and oxygen atoms in total. The van der Waals surface area contributed by atoms with Gasteiger partial charge in [0.2, 0.25) is 0 Å². The summed E-state index contributed by atoms with van der Waals surface area (Å²) in [5.74, 6) is 0. The quantitative estimate of drug-likeness (QED) is 0.872. The fourth-order valence-electron chi connectivity index (χ4n) is 2.50. The number of nitrogens with zero attached hydrogens (tertiary/aromatic N) is 2. The van der Waals surface area contributed by atoms with Crippen LogP contribution in [0.3, 0.4) is 0 Å².